The molecule has 8 heteroatoms. The van der Waals surface area contributed by atoms with E-state index in [4.69, 9.17) is 0 Å². The Hall–Kier alpha value is 1.11. The second kappa shape index (κ2) is 1.58. The molecule has 8 heavy (non-hydrogen) atoms. The molecule has 51 valence electrons. The zero-order valence-corrected chi connectivity index (χ0v) is 7.03. The summed E-state index contributed by atoms with van der Waals surface area (Å²) < 4.78 is 59.2. The molecule has 0 rings (SSSR count). The van der Waals surface area contributed by atoms with Crippen molar-refractivity contribution in [2.24, 2.45) is 0 Å². The maximum Gasteiger partial charge on any atom is 1.00 e. The summed E-state index contributed by atoms with van der Waals surface area (Å²) in [7, 11) is -10.7. The van der Waals surface area contributed by atoms with Gasteiger partial charge in [0.05, 0.1) is 0 Å². The van der Waals surface area contributed by atoms with Gasteiger partial charge in [-0.2, -0.15) is 0 Å². The Morgan fingerprint density at radius 3 is 0.750 bits per heavy atom. The van der Waals surface area contributed by atoms with Crippen LogP contribution in [0.1, 0.15) is 1.43 Å². The monoisotopic (exact) mass is 235 g/mol. The van der Waals surface area contributed by atoms with Crippen molar-refractivity contribution in [3.05, 3.63) is 0 Å². The number of hydrogen-bond acceptors (Lipinski definition) is 0. The third kappa shape index (κ3) is 214. The van der Waals surface area contributed by atoms with E-state index in [2.05, 4.69) is 0 Å². The van der Waals surface area contributed by atoms with Crippen LogP contribution in [0.25, 0.3) is 0 Å². The Balaban J connectivity index is -0.000000180. The minimum atomic E-state index is -10.7. The molecule has 0 amide bonds. The number of halogens is 6. The normalized spacial score (nSPS) is 20.2. The molecule has 0 aromatic rings. The van der Waals surface area contributed by atoms with Crippen LogP contribution in [-0.4, -0.2) is 0 Å². The molecule has 0 aromatic carbocycles. The summed E-state index contributed by atoms with van der Waals surface area (Å²) >= 11 is 0. The van der Waals surface area contributed by atoms with Crippen LogP contribution in [0.15, 0.2) is 0 Å². The third-order valence-electron chi connectivity index (χ3n) is 0. The van der Waals surface area contributed by atoms with Gasteiger partial charge < -0.3 is 0 Å². The molecule has 0 N–H and O–H groups in total. The van der Waals surface area contributed by atoms with E-state index >= 15 is 0 Å². The van der Waals surface area contributed by atoms with Crippen molar-refractivity contribution in [2.75, 3.05) is 0 Å². The van der Waals surface area contributed by atoms with Gasteiger partial charge in [-0.15, -0.1) is 0 Å². The Labute approximate surface area is 67.2 Å². The topological polar surface area (TPSA) is 0 Å². The molecule has 0 atom stereocenters. The Morgan fingerprint density at radius 2 is 0.750 bits per heavy atom. The van der Waals surface area contributed by atoms with Crippen LogP contribution in [0.3, 0.4) is 0 Å². The Kier molecular flexibility index (Phi) is 2.34. The first kappa shape index (κ1) is 11.9. The van der Waals surface area contributed by atoms with Crippen LogP contribution in [0.4, 0.5) is 25.2 Å². The molecule has 0 aromatic heterocycles. The fourth-order valence-corrected chi connectivity index (χ4v) is 0. The first-order valence-electron chi connectivity index (χ1n) is 1.01. The van der Waals surface area contributed by atoms with Crippen molar-refractivity contribution in [1.82, 2.24) is 0 Å². The van der Waals surface area contributed by atoms with Crippen molar-refractivity contribution in [3.63, 3.8) is 0 Å². The average Bonchev–Trinajstić information content (AvgIpc) is 0.592. The minimum Gasteiger partial charge on any atom is 0 e. The van der Waals surface area contributed by atoms with Crippen LogP contribution in [0.2, 0.25) is 0 Å². The molecule has 0 aliphatic heterocycles. The van der Waals surface area contributed by atoms with Crippen molar-refractivity contribution < 1.29 is 59.3 Å². The van der Waals surface area contributed by atoms with E-state index in [0.29, 0.717) is 0 Å². The van der Waals surface area contributed by atoms with E-state index in [0.717, 1.165) is 0 Å². The average molecular weight is 235 g/mol. The van der Waals surface area contributed by atoms with E-state index in [1.54, 1.807) is 0 Å². The molecule has 0 aliphatic carbocycles. The molecule has 1 radical (unpaired) electrons. The molecule has 0 heterocycles. The van der Waals surface area contributed by atoms with E-state index in [1.807, 2.05) is 0 Å². The SMILES string of the molecule is F[P-](F)(F)(F)(F)F.[H+].[Y]. The maximum absolute atomic E-state index is 10.7. The van der Waals surface area contributed by atoms with E-state index in [-0.39, 0.29) is 34.1 Å². The van der Waals surface area contributed by atoms with Crippen LogP contribution in [0.5, 0.6) is 0 Å². The van der Waals surface area contributed by atoms with Gasteiger partial charge >= 0.3 is 34.4 Å². The maximum atomic E-state index is 9.87. The summed E-state index contributed by atoms with van der Waals surface area (Å²) in [6, 6.07) is 0. The van der Waals surface area contributed by atoms with Gasteiger partial charge in [0.1, 0.15) is 0 Å². The summed E-state index contributed by atoms with van der Waals surface area (Å²) in [5.41, 5.74) is 0. The summed E-state index contributed by atoms with van der Waals surface area (Å²) in [6.07, 6.45) is 0. The van der Waals surface area contributed by atoms with Crippen LogP contribution in [0, 0.1) is 0 Å². The molecule has 0 saturated carbocycles. The molecular formula is HF6PY. The van der Waals surface area contributed by atoms with Gasteiger partial charge in [0.25, 0.3) is 0 Å². The fraction of sp³-hybridized carbons (Fsp3) is 0. The Bertz CT molecular complexity index is 71.6. The van der Waals surface area contributed by atoms with Crippen LogP contribution < -0.4 is 0 Å². The van der Waals surface area contributed by atoms with Gasteiger partial charge in [0, 0.05) is 32.7 Å². The molecule has 0 aliphatic rings. The van der Waals surface area contributed by atoms with Crippen molar-refractivity contribution in [2.45, 2.75) is 0 Å². The third-order valence-corrected chi connectivity index (χ3v) is 0. The molecule has 0 saturated heterocycles. The molecule has 0 unspecified atom stereocenters. The van der Waals surface area contributed by atoms with Crippen molar-refractivity contribution in [1.29, 1.82) is 0 Å². The second-order valence-electron chi connectivity index (χ2n) is 0.958. The van der Waals surface area contributed by atoms with Gasteiger partial charge in [-0.3, -0.25) is 0 Å². The molecular weight excluding hydrogens is 234 g/mol. The Morgan fingerprint density at radius 1 is 0.750 bits per heavy atom. The largest absolute Gasteiger partial charge is 1.00 e. The summed E-state index contributed by atoms with van der Waals surface area (Å²) in [6.45, 7) is 0. The van der Waals surface area contributed by atoms with E-state index in [1.165, 1.54) is 0 Å². The smallest absolute Gasteiger partial charge is 0 e. The number of rotatable bonds is 0. The van der Waals surface area contributed by atoms with Crippen molar-refractivity contribution >= 4 is 7.81 Å². The van der Waals surface area contributed by atoms with Gasteiger partial charge in [0.2, 0.25) is 0 Å². The van der Waals surface area contributed by atoms with Gasteiger partial charge in [0.15, 0.2) is 0 Å². The molecule has 0 spiro atoms. The zero-order valence-electron chi connectivity index (χ0n) is 4.29. The van der Waals surface area contributed by atoms with Crippen LogP contribution >= 0.6 is 7.81 Å². The quantitative estimate of drug-likeness (QED) is 0.445. The summed E-state index contributed by atoms with van der Waals surface area (Å²) in [5.74, 6) is 0. The summed E-state index contributed by atoms with van der Waals surface area (Å²) in [4.78, 5) is 0. The first-order valence-corrected chi connectivity index (χ1v) is 3.04. The fourth-order valence-electron chi connectivity index (χ4n) is 0. The molecule has 0 fully saturated rings. The van der Waals surface area contributed by atoms with Crippen LogP contribution in [-0.2, 0) is 32.7 Å². The second-order valence-corrected chi connectivity index (χ2v) is 2.87. The van der Waals surface area contributed by atoms with Gasteiger partial charge in [-0.05, 0) is 0 Å². The standard InChI is InChI=1S/F6P.Y/c1-7(2,3,4,5)6;/q-1;/p+1. The van der Waals surface area contributed by atoms with Crippen molar-refractivity contribution in [3.8, 4) is 0 Å². The summed E-state index contributed by atoms with van der Waals surface area (Å²) in [5, 5.41) is 0. The first-order chi connectivity index (χ1) is 2.45. The minimum absolute atomic E-state index is 0. The number of hydrogen-bond donors (Lipinski definition) is 0. The van der Waals surface area contributed by atoms with E-state index in [9.17, 15) is 25.2 Å². The van der Waals surface area contributed by atoms with Gasteiger partial charge in [-0.1, -0.05) is 0 Å². The molecule has 0 nitrogen and oxygen atoms in total. The van der Waals surface area contributed by atoms with Gasteiger partial charge in [-0.25, -0.2) is 0 Å². The van der Waals surface area contributed by atoms with E-state index < -0.39 is 7.81 Å². The predicted octanol–water partition coefficient (Wildman–Crippen LogP) is 3.49. The predicted molar refractivity (Wildman–Crippen MR) is 14.7 cm³/mol. The zero-order chi connectivity index (χ0) is 6.41. The molecule has 0 bridgehead atoms.